The number of hydrogen-bond acceptors (Lipinski definition) is 3. The fraction of sp³-hybridized carbons (Fsp3) is 0.600. The largest absolute Gasteiger partial charge is 0.480 e. The number of likely N-dealkylation sites (tertiary alicyclic amines) is 1. The van der Waals surface area contributed by atoms with Crippen molar-refractivity contribution in [3.63, 3.8) is 0 Å². The van der Waals surface area contributed by atoms with Crippen molar-refractivity contribution in [2.45, 2.75) is 43.8 Å². The first-order chi connectivity index (χ1) is 13.2. The number of nitrogens with zero attached hydrogens (tertiary/aromatic N) is 2. The molecule has 2 aliphatic rings. The number of likely N-dealkylation sites (N-methyl/N-ethyl adjacent to an activating group) is 1. The fourth-order valence-electron chi connectivity index (χ4n) is 4.07. The number of carboxylic acid groups (broad SMARTS) is 1. The average Bonchev–Trinajstić information content (AvgIpc) is 3.43. The molecule has 1 aromatic carbocycles. The summed E-state index contributed by atoms with van der Waals surface area (Å²) in [6.07, 6.45) is -1.29. The van der Waals surface area contributed by atoms with Crippen LogP contribution in [0.3, 0.4) is 0 Å². The number of aliphatic carboxylic acids is 1. The smallest absolute Gasteiger partial charge is 0.416 e. The molecule has 0 aromatic heterocycles. The molecule has 1 amide bonds. The highest BCUT2D eigenvalue weighted by Gasteiger charge is 2.46. The van der Waals surface area contributed by atoms with E-state index in [0.29, 0.717) is 19.5 Å². The van der Waals surface area contributed by atoms with E-state index in [1.807, 2.05) is 9.80 Å². The summed E-state index contributed by atoms with van der Waals surface area (Å²) in [6, 6.07) is 5.23. The summed E-state index contributed by atoms with van der Waals surface area (Å²) in [5, 5.41) is 8.94. The van der Waals surface area contributed by atoms with E-state index in [-0.39, 0.29) is 30.3 Å². The van der Waals surface area contributed by atoms with Crippen LogP contribution in [0.25, 0.3) is 0 Å². The Hall–Kier alpha value is -2.09. The zero-order valence-electron chi connectivity index (χ0n) is 15.8. The van der Waals surface area contributed by atoms with E-state index in [4.69, 9.17) is 5.11 Å². The van der Waals surface area contributed by atoms with Gasteiger partial charge >= 0.3 is 12.1 Å². The summed E-state index contributed by atoms with van der Waals surface area (Å²) in [4.78, 5) is 27.4. The molecule has 3 rings (SSSR count). The van der Waals surface area contributed by atoms with Crippen molar-refractivity contribution in [2.24, 2.45) is 5.92 Å². The molecule has 1 aliphatic heterocycles. The van der Waals surface area contributed by atoms with Crippen molar-refractivity contribution in [2.75, 3.05) is 26.7 Å². The second kappa shape index (κ2) is 8.11. The van der Waals surface area contributed by atoms with Gasteiger partial charge in [0.2, 0.25) is 5.91 Å². The molecule has 1 heterocycles. The van der Waals surface area contributed by atoms with E-state index in [1.165, 1.54) is 12.1 Å². The lowest BCUT2D eigenvalue weighted by molar-refractivity contribution is -0.139. The Bertz CT molecular complexity index is 720. The van der Waals surface area contributed by atoms with E-state index >= 15 is 0 Å². The van der Waals surface area contributed by atoms with Gasteiger partial charge in [-0.05, 0) is 56.3 Å². The van der Waals surface area contributed by atoms with Crippen LogP contribution in [0.1, 0.15) is 42.7 Å². The number of carbonyl (C=O) groups is 2. The summed E-state index contributed by atoms with van der Waals surface area (Å²) in [5.41, 5.74) is 0.101. The third kappa shape index (κ3) is 4.84. The first-order valence-corrected chi connectivity index (χ1v) is 9.55. The molecule has 5 nitrogen and oxygen atoms in total. The lowest BCUT2D eigenvalue weighted by atomic mass is 10.1. The monoisotopic (exact) mass is 398 g/mol. The molecule has 0 spiro atoms. The van der Waals surface area contributed by atoms with Gasteiger partial charge in [-0.25, -0.2) is 0 Å². The van der Waals surface area contributed by atoms with Crippen LogP contribution in [0.5, 0.6) is 0 Å². The molecule has 0 bridgehead atoms. The Balaban J connectivity index is 1.55. The molecule has 1 aromatic rings. The summed E-state index contributed by atoms with van der Waals surface area (Å²) in [6.45, 7) is 1.22. The maximum Gasteiger partial charge on any atom is 0.416 e. The van der Waals surface area contributed by atoms with E-state index in [9.17, 15) is 22.8 Å². The van der Waals surface area contributed by atoms with Gasteiger partial charge in [0.25, 0.3) is 0 Å². The number of rotatable bonds is 5. The molecule has 28 heavy (non-hydrogen) atoms. The van der Waals surface area contributed by atoms with Crippen LogP contribution < -0.4 is 0 Å². The van der Waals surface area contributed by atoms with Crippen LogP contribution in [-0.2, 0) is 15.8 Å². The molecule has 1 saturated heterocycles. The van der Waals surface area contributed by atoms with Gasteiger partial charge in [0.15, 0.2) is 0 Å². The molecule has 0 radical (unpaired) electrons. The minimum absolute atomic E-state index is 0.0106. The van der Waals surface area contributed by atoms with Gasteiger partial charge in [-0.15, -0.1) is 0 Å². The quantitative estimate of drug-likeness (QED) is 0.828. The summed E-state index contributed by atoms with van der Waals surface area (Å²) in [5.74, 6) is -0.975. The van der Waals surface area contributed by atoms with Crippen LogP contribution in [-0.4, -0.2) is 59.5 Å². The molecule has 0 unspecified atom stereocenters. The first kappa shape index (κ1) is 20.6. The zero-order valence-corrected chi connectivity index (χ0v) is 15.8. The van der Waals surface area contributed by atoms with E-state index < -0.39 is 17.7 Å². The normalized spacial score (nSPS) is 25.5. The highest BCUT2D eigenvalue weighted by atomic mass is 19.4. The van der Waals surface area contributed by atoms with Crippen LogP contribution in [0.15, 0.2) is 24.3 Å². The Morgan fingerprint density at radius 1 is 1.18 bits per heavy atom. The zero-order chi connectivity index (χ0) is 20.5. The number of carboxylic acids is 1. The molecule has 1 aliphatic carbocycles. The third-order valence-electron chi connectivity index (χ3n) is 5.79. The van der Waals surface area contributed by atoms with Crippen LogP contribution in [0.4, 0.5) is 13.2 Å². The molecule has 8 heteroatoms. The van der Waals surface area contributed by atoms with Crippen LogP contribution in [0, 0.1) is 5.92 Å². The Morgan fingerprint density at radius 2 is 1.86 bits per heavy atom. The van der Waals surface area contributed by atoms with Crippen molar-refractivity contribution < 1.29 is 27.9 Å². The van der Waals surface area contributed by atoms with Gasteiger partial charge < -0.3 is 10.0 Å². The Kier molecular flexibility index (Phi) is 5.98. The minimum Gasteiger partial charge on any atom is -0.480 e. The maximum atomic E-state index is 12.8. The number of halogens is 3. The standard InChI is InChI=1S/C20H25F3N2O3/c1-24(12-18(26)27)15-3-2-9-25(10-8-15)19(28)17-11-16(17)13-4-6-14(7-5-13)20(21,22)23/h4-7,15-17H,2-3,8-12H2,1H3,(H,26,27)/t15-,16-,17-/m1/s1. The SMILES string of the molecule is CN(CC(=O)O)[C@@H]1CCCN(C(=O)[C@@H]2C[C@@H]2c2ccc(C(F)(F)F)cc2)CC1. The highest BCUT2D eigenvalue weighted by molar-refractivity contribution is 5.83. The summed E-state index contributed by atoms with van der Waals surface area (Å²) < 4.78 is 38.1. The average molecular weight is 398 g/mol. The van der Waals surface area contributed by atoms with Gasteiger partial charge in [0.1, 0.15) is 0 Å². The second-order valence-electron chi connectivity index (χ2n) is 7.79. The van der Waals surface area contributed by atoms with Crippen LogP contribution in [0.2, 0.25) is 0 Å². The van der Waals surface area contributed by atoms with E-state index in [0.717, 1.165) is 37.0 Å². The van der Waals surface area contributed by atoms with Gasteiger partial charge in [-0.2, -0.15) is 13.2 Å². The van der Waals surface area contributed by atoms with E-state index in [2.05, 4.69) is 0 Å². The Labute approximate surface area is 162 Å². The Morgan fingerprint density at radius 3 is 2.46 bits per heavy atom. The number of amides is 1. The van der Waals surface area contributed by atoms with Crippen molar-refractivity contribution in [1.82, 2.24) is 9.80 Å². The van der Waals surface area contributed by atoms with Crippen molar-refractivity contribution in [3.8, 4) is 0 Å². The lowest BCUT2D eigenvalue weighted by Gasteiger charge is -2.25. The van der Waals surface area contributed by atoms with Crippen molar-refractivity contribution >= 4 is 11.9 Å². The molecular formula is C20H25F3N2O3. The van der Waals surface area contributed by atoms with Crippen molar-refractivity contribution in [1.29, 1.82) is 0 Å². The molecule has 2 fully saturated rings. The molecule has 1 N–H and O–H groups in total. The maximum absolute atomic E-state index is 12.8. The third-order valence-corrected chi connectivity index (χ3v) is 5.79. The van der Waals surface area contributed by atoms with Crippen LogP contribution >= 0.6 is 0 Å². The van der Waals surface area contributed by atoms with E-state index in [1.54, 1.807) is 7.05 Å². The predicted octanol–water partition coefficient (Wildman–Crippen LogP) is 3.21. The molecular weight excluding hydrogens is 373 g/mol. The first-order valence-electron chi connectivity index (χ1n) is 9.55. The number of hydrogen-bond donors (Lipinski definition) is 1. The number of carbonyl (C=O) groups excluding carboxylic acids is 1. The lowest BCUT2D eigenvalue weighted by Crippen LogP contribution is -2.37. The van der Waals surface area contributed by atoms with Gasteiger partial charge in [0.05, 0.1) is 12.1 Å². The second-order valence-corrected chi connectivity index (χ2v) is 7.79. The van der Waals surface area contributed by atoms with Gasteiger partial charge in [-0.1, -0.05) is 12.1 Å². The summed E-state index contributed by atoms with van der Waals surface area (Å²) >= 11 is 0. The number of alkyl halides is 3. The van der Waals surface area contributed by atoms with Crippen molar-refractivity contribution in [3.05, 3.63) is 35.4 Å². The topological polar surface area (TPSA) is 60.9 Å². The predicted molar refractivity (Wildman–Crippen MR) is 96.8 cm³/mol. The highest BCUT2D eigenvalue weighted by Crippen LogP contribution is 2.49. The molecule has 3 atom stereocenters. The van der Waals surface area contributed by atoms with Gasteiger partial charge in [0, 0.05) is 25.0 Å². The fourth-order valence-corrected chi connectivity index (χ4v) is 4.07. The number of benzene rings is 1. The van der Waals surface area contributed by atoms with Gasteiger partial charge in [-0.3, -0.25) is 14.5 Å². The summed E-state index contributed by atoms with van der Waals surface area (Å²) in [7, 11) is 1.79. The minimum atomic E-state index is -4.35. The molecule has 1 saturated carbocycles. The molecule has 154 valence electrons.